The van der Waals surface area contributed by atoms with Gasteiger partial charge in [0.2, 0.25) is 0 Å². The van der Waals surface area contributed by atoms with Gasteiger partial charge in [-0.05, 0) is 13.3 Å². The largest absolute Gasteiger partial charge is 0.507 e. The minimum atomic E-state index is -2.86. The van der Waals surface area contributed by atoms with Gasteiger partial charge in [-0.25, -0.2) is 4.79 Å². The third-order valence-electron chi connectivity index (χ3n) is 2.41. The molecule has 0 saturated heterocycles. The summed E-state index contributed by atoms with van der Waals surface area (Å²) in [5.41, 5.74) is -0.0275. The number of hydrogen-bond acceptors (Lipinski definition) is 4. The zero-order chi connectivity index (χ0) is 12.8. The Morgan fingerprint density at radius 3 is 2.06 bits per heavy atom. The van der Waals surface area contributed by atoms with E-state index in [2.05, 4.69) is 6.92 Å². The number of carboxylic acid groups (broad SMARTS) is 1. The van der Waals surface area contributed by atoms with Crippen LogP contribution in [0.4, 0.5) is 0 Å². The molecular formula is C10H19O5Si. The highest BCUT2D eigenvalue weighted by molar-refractivity contribution is 6.63. The van der Waals surface area contributed by atoms with Crippen LogP contribution in [0.25, 0.3) is 0 Å². The van der Waals surface area contributed by atoms with Gasteiger partial charge in [0.25, 0.3) is 0 Å². The molecule has 0 amide bonds. The molecule has 0 rings (SSSR count). The van der Waals surface area contributed by atoms with Gasteiger partial charge in [-0.15, -0.1) is 0 Å². The number of allylic oxidation sites excluding steroid dienone is 1. The van der Waals surface area contributed by atoms with E-state index in [1.165, 1.54) is 28.3 Å². The van der Waals surface area contributed by atoms with Crippen molar-refractivity contribution >= 4 is 14.8 Å². The normalized spacial score (nSPS) is 14.9. The summed E-state index contributed by atoms with van der Waals surface area (Å²) in [6.07, 6.45) is 2.03. The summed E-state index contributed by atoms with van der Waals surface area (Å²) >= 11 is 0. The number of hydrogen-bond donors (Lipinski definition) is 1. The molecule has 0 bridgehead atoms. The van der Waals surface area contributed by atoms with E-state index in [1.807, 2.05) is 0 Å². The standard InChI is InChI=1S/C10H19O5Si/c1-6-9(7-8(2)10(11)12)16(13-3,14-4)15-5/h7,9H,1,6H2,2-5H3,(H,11,12). The Labute approximate surface area is 97.4 Å². The molecule has 0 aliphatic rings. The molecule has 1 radical (unpaired) electrons. The molecule has 16 heavy (non-hydrogen) atoms. The number of aliphatic carboxylic acids is 1. The molecule has 0 aromatic heterocycles. The van der Waals surface area contributed by atoms with E-state index in [1.54, 1.807) is 6.08 Å². The number of rotatable bonds is 7. The Bertz CT molecular complexity index is 252. The van der Waals surface area contributed by atoms with Gasteiger partial charge in [-0.2, -0.15) is 0 Å². The first-order valence-corrected chi connectivity index (χ1v) is 6.64. The van der Waals surface area contributed by atoms with E-state index >= 15 is 0 Å². The predicted molar refractivity (Wildman–Crippen MR) is 61.9 cm³/mol. The molecule has 0 heterocycles. The Morgan fingerprint density at radius 1 is 1.38 bits per heavy atom. The minimum absolute atomic E-state index is 0.233. The predicted octanol–water partition coefficient (Wildman–Crippen LogP) is 1.49. The van der Waals surface area contributed by atoms with Crippen molar-refractivity contribution in [3.8, 4) is 0 Å². The van der Waals surface area contributed by atoms with Crippen LogP contribution in [0.3, 0.4) is 0 Å². The number of carbonyl (C=O) groups is 1. The molecule has 0 aromatic rings. The van der Waals surface area contributed by atoms with Crippen molar-refractivity contribution in [3.05, 3.63) is 18.6 Å². The van der Waals surface area contributed by atoms with Crippen LogP contribution in [0.2, 0.25) is 5.54 Å². The van der Waals surface area contributed by atoms with Crippen LogP contribution in [-0.4, -0.2) is 41.2 Å². The second-order valence-electron chi connectivity index (χ2n) is 3.27. The van der Waals surface area contributed by atoms with Crippen molar-refractivity contribution in [2.75, 3.05) is 21.3 Å². The first kappa shape index (κ1) is 15.3. The molecule has 5 nitrogen and oxygen atoms in total. The van der Waals surface area contributed by atoms with Crippen molar-refractivity contribution in [2.45, 2.75) is 18.9 Å². The molecule has 1 atom stereocenters. The SMILES string of the molecule is [CH2]CC(C=C(C)C(=O)O)[Si](OC)(OC)OC. The fraction of sp³-hybridized carbons (Fsp3) is 0.600. The van der Waals surface area contributed by atoms with Crippen LogP contribution in [0.5, 0.6) is 0 Å². The van der Waals surface area contributed by atoms with E-state index in [4.69, 9.17) is 18.4 Å². The first-order valence-electron chi connectivity index (χ1n) is 4.83. The summed E-state index contributed by atoms with van der Waals surface area (Å²) < 4.78 is 15.9. The van der Waals surface area contributed by atoms with Crippen LogP contribution in [0.15, 0.2) is 11.6 Å². The fourth-order valence-corrected chi connectivity index (χ4v) is 3.66. The third-order valence-corrected chi connectivity index (χ3v) is 5.48. The molecule has 0 aliphatic heterocycles. The van der Waals surface area contributed by atoms with Gasteiger partial charge in [-0.1, -0.05) is 13.0 Å². The van der Waals surface area contributed by atoms with E-state index < -0.39 is 14.8 Å². The lowest BCUT2D eigenvalue weighted by molar-refractivity contribution is -0.132. The van der Waals surface area contributed by atoms with E-state index in [0.717, 1.165) is 0 Å². The van der Waals surface area contributed by atoms with Crippen molar-refractivity contribution in [1.29, 1.82) is 0 Å². The maximum Gasteiger partial charge on any atom is 0.507 e. The zero-order valence-electron chi connectivity index (χ0n) is 10.1. The Morgan fingerprint density at radius 2 is 1.81 bits per heavy atom. The summed E-state index contributed by atoms with van der Waals surface area (Å²) in [7, 11) is 1.62. The van der Waals surface area contributed by atoms with Crippen LogP contribution in [0.1, 0.15) is 13.3 Å². The Balaban J connectivity index is 5.10. The van der Waals surface area contributed by atoms with Crippen LogP contribution in [-0.2, 0) is 18.1 Å². The summed E-state index contributed by atoms with van der Waals surface area (Å²) in [5, 5.41) is 8.81. The topological polar surface area (TPSA) is 65.0 Å². The molecule has 0 saturated carbocycles. The van der Waals surface area contributed by atoms with Crippen LogP contribution < -0.4 is 0 Å². The second-order valence-corrected chi connectivity index (χ2v) is 6.44. The van der Waals surface area contributed by atoms with Crippen molar-refractivity contribution < 1.29 is 23.2 Å². The van der Waals surface area contributed by atoms with Gasteiger partial charge in [-0.3, -0.25) is 0 Å². The molecule has 6 heteroatoms. The molecule has 0 fully saturated rings. The van der Waals surface area contributed by atoms with Gasteiger partial charge < -0.3 is 18.4 Å². The second kappa shape index (κ2) is 6.80. The van der Waals surface area contributed by atoms with Gasteiger partial charge in [0.1, 0.15) is 0 Å². The summed E-state index contributed by atoms with van der Waals surface area (Å²) in [6.45, 7) is 5.28. The highest BCUT2D eigenvalue weighted by Crippen LogP contribution is 2.29. The van der Waals surface area contributed by atoms with E-state index in [-0.39, 0.29) is 11.1 Å². The van der Waals surface area contributed by atoms with Gasteiger partial charge in [0.05, 0.1) is 0 Å². The van der Waals surface area contributed by atoms with E-state index in [9.17, 15) is 4.79 Å². The Hall–Kier alpha value is -0.693. The molecule has 1 unspecified atom stereocenters. The van der Waals surface area contributed by atoms with Gasteiger partial charge in [0, 0.05) is 32.4 Å². The summed E-state index contributed by atoms with van der Waals surface area (Å²) in [4.78, 5) is 10.7. The lowest BCUT2D eigenvalue weighted by atomic mass is 10.2. The zero-order valence-corrected chi connectivity index (χ0v) is 11.1. The lowest BCUT2D eigenvalue weighted by Crippen LogP contribution is -2.47. The lowest BCUT2D eigenvalue weighted by Gasteiger charge is -2.30. The van der Waals surface area contributed by atoms with Gasteiger partial charge >= 0.3 is 14.8 Å². The van der Waals surface area contributed by atoms with Crippen molar-refractivity contribution in [1.82, 2.24) is 0 Å². The first-order chi connectivity index (χ1) is 7.47. The Kier molecular flexibility index (Phi) is 6.50. The maximum absolute atomic E-state index is 10.7. The summed E-state index contributed by atoms with van der Waals surface area (Å²) in [5.74, 6) is -0.968. The molecular weight excluding hydrogens is 228 g/mol. The molecule has 93 valence electrons. The number of carboxylic acids is 1. The fourth-order valence-electron chi connectivity index (χ4n) is 1.44. The van der Waals surface area contributed by atoms with Crippen molar-refractivity contribution in [2.24, 2.45) is 0 Å². The average Bonchev–Trinajstić information content (AvgIpc) is 2.29. The third kappa shape index (κ3) is 3.41. The molecule has 0 spiro atoms. The van der Waals surface area contributed by atoms with E-state index in [0.29, 0.717) is 6.42 Å². The monoisotopic (exact) mass is 247 g/mol. The highest BCUT2D eigenvalue weighted by atomic mass is 28.4. The molecule has 0 aliphatic carbocycles. The smallest absolute Gasteiger partial charge is 0.478 e. The van der Waals surface area contributed by atoms with Crippen molar-refractivity contribution in [3.63, 3.8) is 0 Å². The minimum Gasteiger partial charge on any atom is -0.478 e. The highest BCUT2D eigenvalue weighted by Gasteiger charge is 2.45. The summed E-state index contributed by atoms with van der Waals surface area (Å²) in [6, 6.07) is 0. The average molecular weight is 247 g/mol. The van der Waals surface area contributed by atoms with Gasteiger partial charge in [0.15, 0.2) is 0 Å². The molecule has 0 aromatic carbocycles. The quantitative estimate of drug-likeness (QED) is 0.545. The van der Waals surface area contributed by atoms with Crippen LogP contribution in [0, 0.1) is 6.92 Å². The molecule has 1 N–H and O–H groups in total. The van der Waals surface area contributed by atoms with Crippen LogP contribution >= 0.6 is 0 Å². The maximum atomic E-state index is 10.7.